The first-order chi connectivity index (χ1) is 31.4. The van der Waals surface area contributed by atoms with Crippen LogP contribution in [0.4, 0.5) is 0 Å². The minimum Gasteiger partial charge on any atom is -0.462 e. The van der Waals surface area contributed by atoms with Gasteiger partial charge in [-0.3, -0.25) is 14.4 Å². The molecule has 0 saturated carbocycles. The van der Waals surface area contributed by atoms with Crippen LogP contribution in [-0.4, -0.2) is 37.2 Å². The van der Waals surface area contributed by atoms with E-state index in [1.54, 1.807) is 0 Å². The minimum atomic E-state index is -0.762. The molecule has 0 radical (unpaired) electrons. The van der Waals surface area contributed by atoms with E-state index in [2.05, 4.69) is 27.7 Å². The number of esters is 3. The summed E-state index contributed by atoms with van der Waals surface area (Å²) in [5, 5.41) is 0. The van der Waals surface area contributed by atoms with Crippen molar-refractivity contribution in [3.63, 3.8) is 0 Å². The Morgan fingerprint density at radius 1 is 0.297 bits per heavy atom. The number of carbonyl (C=O) groups is 3. The van der Waals surface area contributed by atoms with Crippen LogP contribution in [0.3, 0.4) is 0 Å². The van der Waals surface area contributed by atoms with Crippen molar-refractivity contribution in [3.8, 4) is 0 Å². The van der Waals surface area contributed by atoms with Crippen molar-refractivity contribution < 1.29 is 28.6 Å². The highest BCUT2D eigenvalue weighted by Gasteiger charge is 2.19. The van der Waals surface area contributed by atoms with E-state index in [4.69, 9.17) is 14.2 Å². The average Bonchev–Trinajstić information content (AvgIpc) is 3.28. The van der Waals surface area contributed by atoms with Crippen molar-refractivity contribution in [2.75, 3.05) is 13.2 Å². The summed E-state index contributed by atoms with van der Waals surface area (Å²) in [6.45, 7) is 9.06. The lowest BCUT2D eigenvalue weighted by Gasteiger charge is -2.18. The van der Waals surface area contributed by atoms with Crippen LogP contribution in [0.5, 0.6) is 0 Å². The first kappa shape index (κ1) is 62.4. The molecule has 0 aliphatic rings. The molecule has 6 nitrogen and oxygen atoms in total. The van der Waals surface area contributed by atoms with Crippen molar-refractivity contribution in [1.29, 1.82) is 0 Å². The lowest BCUT2D eigenvalue weighted by molar-refractivity contribution is -0.167. The van der Waals surface area contributed by atoms with Crippen LogP contribution in [0.15, 0.2) is 0 Å². The molecule has 0 bridgehead atoms. The molecule has 0 saturated heterocycles. The predicted molar refractivity (Wildman–Crippen MR) is 275 cm³/mol. The molecule has 0 aromatic heterocycles. The first-order valence-electron chi connectivity index (χ1n) is 28.9. The fourth-order valence-electron chi connectivity index (χ4n) is 8.92. The molecule has 0 aliphatic carbocycles. The van der Waals surface area contributed by atoms with Gasteiger partial charge in [0.25, 0.3) is 0 Å². The van der Waals surface area contributed by atoms with Gasteiger partial charge in [0.15, 0.2) is 6.10 Å². The second-order valence-corrected chi connectivity index (χ2v) is 20.4. The van der Waals surface area contributed by atoms with Crippen molar-refractivity contribution in [1.82, 2.24) is 0 Å². The topological polar surface area (TPSA) is 78.9 Å². The summed E-state index contributed by atoms with van der Waals surface area (Å²) in [4.78, 5) is 38.1. The Morgan fingerprint density at radius 3 is 0.766 bits per heavy atom. The Bertz CT molecular complexity index is 964. The largest absolute Gasteiger partial charge is 0.462 e. The van der Waals surface area contributed by atoms with Crippen LogP contribution < -0.4 is 0 Å². The Hall–Kier alpha value is -1.59. The Balaban J connectivity index is 4.30. The summed E-state index contributed by atoms with van der Waals surface area (Å²) in [6.07, 6.45) is 56.6. The summed E-state index contributed by atoms with van der Waals surface area (Å²) in [5.41, 5.74) is 0. The molecular formula is C58H112O6. The molecular weight excluding hydrogens is 793 g/mol. The summed E-state index contributed by atoms with van der Waals surface area (Å²) in [7, 11) is 0. The van der Waals surface area contributed by atoms with E-state index < -0.39 is 6.10 Å². The van der Waals surface area contributed by atoms with Gasteiger partial charge in [-0.05, 0) is 25.2 Å². The normalized spacial score (nSPS) is 12.0. The third kappa shape index (κ3) is 51.4. The van der Waals surface area contributed by atoms with E-state index in [0.717, 1.165) is 63.7 Å². The summed E-state index contributed by atoms with van der Waals surface area (Å²) in [5.74, 6) is -0.00111. The molecule has 0 heterocycles. The Morgan fingerprint density at radius 2 is 0.516 bits per heavy atom. The van der Waals surface area contributed by atoms with Crippen LogP contribution in [-0.2, 0) is 28.6 Å². The van der Waals surface area contributed by atoms with Gasteiger partial charge >= 0.3 is 17.9 Å². The number of ether oxygens (including phenoxy) is 3. The van der Waals surface area contributed by atoms with E-state index in [9.17, 15) is 14.4 Å². The summed E-state index contributed by atoms with van der Waals surface area (Å²) in [6, 6.07) is 0. The summed E-state index contributed by atoms with van der Waals surface area (Å²) >= 11 is 0. The van der Waals surface area contributed by atoms with Crippen LogP contribution >= 0.6 is 0 Å². The Kier molecular flexibility index (Phi) is 51.1. The predicted octanol–water partition coefficient (Wildman–Crippen LogP) is 19.0. The molecule has 0 aromatic rings. The van der Waals surface area contributed by atoms with Gasteiger partial charge in [0.2, 0.25) is 0 Å². The van der Waals surface area contributed by atoms with Gasteiger partial charge in [0, 0.05) is 19.3 Å². The van der Waals surface area contributed by atoms with E-state index in [1.165, 1.54) is 225 Å². The zero-order valence-electron chi connectivity index (χ0n) is 43.8. The SMILES string of the molecule is CCCCCCCCCCCCCCCCCCC(=O)O[C@@H](COC(=O)CCCCCCCCCCCCCCCCC)COC(=O)CCCCCCCCCCCCCCC(C)C. The van der Waals surface area contributed by atoms with Gasteiger partial charge in [0.05, 0.1) is 0 Å². The fraction of sp³-hybridized carbons (Fsp3) is 0.948. The lowest BCUT2D eigenvalue weighted by atomic mass is 10.0. The summed E-state index contributed by atoms with van der Waals surface area (Å²) < 4.78 is 16.9. The van der Waals surface area contributed by atoms with E-state index in [-0.39, 0.29) is 31.1 Å². The maximum atomic E-state index is 12.8. The van der Waals surface area contributed by atoms with Crippen molar-refractivity contribution in [3.05, 3.63) is 0 Å². The van der Waals surface area contributed by atoms with E-state index >= 15 is 0 Å². The average molecular weight is 906 g/mol. The molecule has 64 heavy (non-hydrogen) atoms. The minimum absolute atomic E-state index is 0.0618. The van der Waals surface area contributed by atoms with Crippen molar-refractivity contribution in [2.45, 2.75) is 336 Å². The highest BCUT2D eigenvalue weighted by Crippen LogP contribution is 2.18. The maximum Gasteiger partial charge on any atom is 0.306 e. The molecule has 0 spiro atoms. The second kappa shape index (κ2) is 52.4. The van der Waals surface area contributed by atoms with Crippen molar-refractivity contribution >= 4 is 17.9 Å². The molecule has 0 N–H and O–H groups in total. The number of hydrogen-bond donors (Lipinski definition) is 0. The third-order valence-corrected chi connectivity index (χ3v) is 13.3. The van der Waals surface area contributed by atoms with Gasteiger partial charge in [-0.2, -0.15) is 0 Å². The number of rotatable bonds is 53. The number of hydrogen-bond acceptors (Lipinski definition) is 6. The second-order valence-electron chi connectivity index (χ2n) is 20.4. The molecule has 0 aliphatic heterocycles. The van der Waals surface area contributed by atoms with Crippen molar-refractivity contribution in [2.24, 2.45) is 5.92 Å². The molecule has 1 atom stereocenters. The van der Waals surface area contributed by atoms with Gasteiger partial charge in [-0.15, -0.1) is 0 Å². The smallest absolute Gasteiger partial charge is 0.306 e. The van der Waals surface area contributed by atoms with Gasteiger partial charge in [-0.1, -0.05) is 291 Å². The van der Waals surface area contributed by atoms with Crippen LogP contribution in [0, 0.1) is 5.92 Å². The van der Waals surface area contributed by atoms with Crippen LogP contribution in [0.1, 0.15) is 329 Å². The van der Waals surface area contributed by atoms with Crippen LogP contribution in [0.2, 0.25) is 0 Å². The highest BCUT2D eigenvalue weighted by molar-refractivity contribution is 5.71. The van der Waals surface area contributed by atoms with Crippen LogP contribution in [0.25, 0.3) is 0 Å². The zero-order valence-corrected chi connectivity index (χ0v) is 43.8. The lowest BCUT2D eigenvalue weighted by Crippen LogP contribution is -2.30. The molecule has 0 aromatic carbocycles. The Labute approximate surface area is 399 Å². The maximum absolute atomic E-state index is 12.8. The van der Waals surface area contributed by atoms with Gasteiger partial charge in [0.1, 0.15) is 13.2 Å². The quantitative estimate of drug-likeness (QED) is 0.0344. The van der Waals surface area contributed by atoms with Gasteiger partial charge in [-0.25, -0.2) is 0 Å². The standard InChI is InChI=1S/C58H112O6/c1-5-7-9-11-13-15-17-19-21-23-25-31-35-39-43-47-51-58(61)64-55(52-62-56(59)49-45-41-37-33-29-24-22-20-18-16-14-12-10-8-6-2)53-63-57(60)50-46-42-38-34-30-27-26-28-32-36-40-44-48-54(3)4/h54-55H,5-53H2,1-4H3/t55-/m0/s1. The highest BCUT2D eigenvalue weighted by atomic mass is 16.6. The zero-order chi connectivity index (χ0) is 46.7. The van der Waals surface area contributed by atoms with E-state index in [0.29, 0.717) is 19.3 Å². The third-order valence-electron chi connectivity index (χ3n) is 13.3. The number of carbonyl (C=O) groups excluding carboxylic acids is 3. The van der Waals surface area contributed by atoms with E-state index in [1.807, 2.05) is 0 Å². The molecule has 6 heteroatoms. The van der Waals surface area contributed by atoms with Gasteiger partial charge < -0.3 is 14.2 Å². The molecule has 0 rings (SSSR count). The molecule has 0 fully saturated rings. The molecule has 380 valence electrons. The molecule has 0 unspecified atom stereocenters. The first-order valence-corrected chi connectivity index (χ1v) is 28.9. The monoisotopic (exact) mass is 905 g/mol. The fourth-order valence-corrected chi connectivity index (χ4v) is 8.92. The number of unbranched alkanes of at least 4 members (excludes halogenated alkanes) is 40. The molecule has 0 amide bonds.